The van der Waals surface area contributed by atoms with Crippen molar-refractivity contribution >= 4 is 65.9 Å². The number of aromatic nitrogens is 1. The van der Waals surface area contributed by atoms with E-state index in [1.165, 1.54) is 12.3 Å². The molecular formula is C45H45N8O10S2-. The van der Waals surface area contributed by atoms with E-state index in [2.05, 4.69) is 32.2 Å². The molecule has 0 radical (unpaired) electrons. The first-order chi connectivity index (χ1) is 30.4. The van der Waals surface area contributed by atoms with Crippen molar-refractivity contribution in [2.45, 2.75) is 51.7 Å². The van der Waals surface area contributed by atoms with Gasteiger partial charge in [-0.25, -0.2) is 26.2 Å². The SMILES string of the molecule is C=C(NCCC(=O)Nc1ccc(CN=[N+]=[N-])nc1)c1ccc(C2=c3cc4c(cc3Oc3cc5c(cc32)C(CS(=O)(=O)[O-])=CC(C)(C)N5C)=[N+](C)C(C)(C)C=C4CS(=O)(=O)[O-])c(C(=O)O)c1. The Balaban J connectivity index is 1.35. The molecule has 3 N–H and O–H groups in total. The van der Waals surface area contributed by atoms with E-state index in [9.17, 15) is 40.6 Å². The minimum absolute atomic E-state index is 0.0103. The number of hydrogen-bond donors (Lipinski definition) is 3. The number of carboxylic acid groups (broad SMARTS) is 1. The van der Waals surface area contributed by atoms with Crippen LogP contribution in [0, 0.1) is 0 Å². The molecule has 3 aromatic carbocycles. The third-order valence-electron chi connectivity index (χ3n) is 11.8. The highest BCUT2D eigenvalue weighted by Crippen LogP contribution is 2.47. The van der Waals surface area contributed by atoms with Gasteiger partial charge in [-0.3, -0.25) is 9.78 Å². The molecule has 3 aliphatic rings. The molecule has 18 nitrogen and oxygen atoms in total. The Hall–Kier alpha value is -6.83. The van der Waals surface area contributed by atoms with Gasteiger partial charge in [0.05, 0.1) is 72.9 Å². The highest BCUT2D eigenvalue weighted by molar-refractivity contribution is 7.86. The number of fused-ring (bicyclic) bond motifs is 4. The number of azide groups is 1. The molecule has 4 heterocycles. The maximum atomic E-state index is 13.3. The summed E-state index contributed by atoms with van der Waals surface area (Å²) in [4.78, 5) is 34.8. The number of carbonyl (C=O) groups excluding carboxylic acids is 1. The maximum Gasteiger partial charge on any atom is 0.336 e. The summed E-state index contributed by atoms with van der Waals surface area (Å²) in [7, 11) is -5.90. The molecular weight excluding hydrogens is 877 g/mol. The van der Waals surface area contributed by atoms with Gasteiger partial charge in [0.1, 0.15) is 18.5 Å². The molecule has 20 heteroatoms. The Bertz CT molecular complexity index is 3210. The number of benzene rings is 3. The lowest BCUT2D eigenvalue weighted by molar-refractivity contribution is -0.116. The second kappa shape index (κ2) is 16.9. The van der Waals surface area contributed by atoms with Crippen LogP contribution < -0.4 is 35.4 Å². The molecule has 0 unspecified atom stereocenters. The number of nitrogens with zero attached hydrogens (tertiary/aromatic N) is 6. The first kappa shape index (κ1) is 46.2. The largest absolute Gasteiger partial charge is 0.748 e. The molecule has 0 fully saturated rings. The van der Waals surface area contributed by atoms with Crippen molar-refractivity contribution < 1.29 is 45.4 Å². The fourth-order valence-corrected chi connectivity index (χ4v) is 9.48. The number of anilines is 2. The summed E-state index contributed by atoms with van der Waals surface area (Å²) in [6.45, 7) is 11.7. The Morgan fingerprint density at radius 3 is 2.26 bits per heavy atom. The number of hydrogen-bond acceptors (Lipinski definition) is 13. The van der Waals surface area contributed by atoms with E-state index in [0.717, 1.165) is 0 Å². The molecule has 65 heavy (non-hydrogen) atoms. The van der Waals surface area contributed by atoms with Gasteiger partial charge < -0.3 is 34.5 Å². The first-order valence-electron chi connectivity index (χ1n) is 20.1. The smallest absolute Gasteiger partial charge is 0.336 e. The predicted molar refractivity (Wildman–Crippen MR) is 243 cm³/mol. The van der Waals surface area contributed by atoms with Gasteiger partial charge in [0, 0.05) is 83.8 Å². The fourth-order valence-electron chi connectivity index (χ4n) is 8.24. The van der Waals surface area contributed by atoms with Crippen LogP contribution in [-0.4, -0.2) is 91.1 Å². The van der Waals surface area contributed by atoms with E-state index >= 15 is 0 Å². The summed E-state index contributed by atoms with van der Waals surface area (Å²) >= 11 is 0. The quantitative estimate of drug-likeness (QED) is 0.0455. The summed E-state index contributed by atoms with van der Waals surface area (Å²) < 4.78 is 82.2. The highest BCUT2D eigenvalue weighted by atomic mass is 32.2. The van der Waals surface area contributed by atoms with Gasteiger partial charge in [0.2, 0.25) is 11.3 Å². The zero-order valence-electron chi connectivity index (χ0n) is 36.3. The van der Waals surface area contributed by atoms with Crippen molar-refractivity contribution in [2.24, 2.45) is 5.11 Å². The van der Waals surface area contributed by atoms with Crippen LogP contribution in [0.25, 0.3) is 32.9 Å². The van der Waals surface area contributed by atoms with Crippen molar-refractivity contribution in [1.82, 2.24) is 14.9 Å². The molecule has 0 spiro atoms. The van der Waals surface area contributed by atoms with Crippen LogP contribution in [0.5, 0.6) is 11.5 Å². The number of pyridine rings is 1. The van der Waals surface area contributed by atoms with Gasteiger partial charge in [-0.2, -0.15) is 0 Å². The van der Waals surface area contributed by atoms with Crippen molar-refractivity contribution in [3.05, 3.63) is 140 Å². The van der Waals surface area contributed by atoms with E-state index in [0.29, 0.717) is 72.7 Å². The molecule has 338 valence electrons. The van der Waals surface area contributed by atoms with E-state index in [-0.39, 0.29) is 47.7 Å². The molecule has 0 saturated carbocycles. The van der Waals surface area contributed by atoms with E-state index in [4.69, 9.17) is 10.3 Å². The number of aromatic carboxylic acids is 1. The van der Waals surface area contributed by atoms with Crippen LogP contribution in [0.15, 0.2) is 84.6 Å². The minimum atomic E-state index is -4.77. The lowest BCUT2D eigenvalue weighted by atomic mass is 9.83. The summed E-state index contributed by atoms with van der Waals surface area (Å²) in [5.74, 6) is -2.69. The number of rotatable bonds is 14. The van der Waals surface area contributed by atoms with Gasteiger partial charge in [0.25, 0.3) is 0 Å². The molecule has 1 aromatic heterocycles. The molecule has 1 amide bonds. The molecule has 3 aliphatic heterocycles. The van der Waals surface area contributed by atoms with Gasteiger partial charge in [0.15, 0.2) is 5.54 Å². The monoisotopic (exact) mass is 921 g/mol. The Morgan fingerprint density at radius 2 is 1.63 bits per heavy atom. The standard InChI is InChI=1S/C45H46N8O10S2/c1-25(47-13-12-41(54)50-30-10-9-29(48-21-30)22-49-51-46)26-8-11-31(34(14-26)43(55)56)42-35-15-32-27(23-64(57,58)59)19-44(2,3)52(6)37(32)17-39(35)63-40-18-38-33(16-36(40)42)28(24-65(60,61)62)20-45(4,5)53(38)7/h8-11,14-21,47H,1,12-13,22-24H2,2-7H3,(H3-,50,54,55,56,57,58,59,60,61,62)/p-1. The average Bonchev–Trinajstić information content (AvgIpc) is 3.21. The minimum Gasteiger partial charge on any atom is -0.748 e. The first-order valence-corrected chi connectivity index (χ1v) is 23.3. The molecule has 0 aliphatic carbocycles. The van der Waals surface area contributed by atoms with Crippen molar-refractivity contribution in [3.63, 3.8) is 0 Å². The number of nitrogens with one attached hydrogen (secondary N) is 2. The normalized spacial score (nSPS) is 15.7. The lowest BCUT2D eigenvalue weighted by Crippen LogP contribution is -2.47. The van der Waals surface area contributed by atoms with Gasteiger partial charge >= 0.3 is 5.97 Å². The van der Waals surface area contributed by atoms with Crippen LogP contribution in [0.3, 0.4) is 0 Å². The lowest BCUT2D eigenvalue weighted by Gasteiger charge is -2.42. The van der Waals surface area contributed by atoms with Crippen LogP contribution in [0.4, 0.5) is 11.4 Å². The van der Waals surface area contributed by atoms with Crippen LogP contribution in [-0.2, 0) is 31.6 Å². The van der Waals surface area contributed by atoms with Crippen LogP contribution in [0.1, 0.15) is 78.0 Å². The average molecular weight is 922 g/mol. The van der Waals surface area contributed by atoms with E-state index in [1.54, 1.807) is 60.7 Å². The number of carbonyl (C=O) groups is 2. The highest BCUT2D eigenvalue weighted by Gasteiger charge is 2.37. The van der Waals surface area contributed by atoms with Crippen molar-refractivity contribution in [2.75, 3.05) is 42.4 Å². The third-order valence-corrected chi connectivity index (χ3v) is 13.1. The Labute approximate surface area is 375 Å². The van der Waals surface area contributed by atoms with E-state index in [1.807, 2.05) is 51.3 Å². The maximum absolute atomic E-state index is 13.3. The number of carboxylic acids is 1. The van der Waals surface area contributed by atoms with Gasteiger partial charge in [-0.15, -0.1) is 0 Å². The molecule has 4 aromatic rings. The summed E-state index contributed by atoms with van der Waals surface area (Å²) in [5, 5.41) is 21.0. The predicted octanol–water partition coefficient (Wildman–Crippen LogP) is 4.53. The number of amides is 1. The second-order valence-corrected chi connectivity index (χ2v) is 19.9. The van der Waals surface area contributed by atoms with Crippen molar-refractivity contribution in [3.8, 4) is 11.5 Å². The Kier molecular flexibility index (Phi) is 12.0. The van der Waals surface area contributed by atoms with Crippen LogP contribution in [0.2, 0.25) is 0 Å². The number of ether oxygens (including phenoxy) is 1. The summed E-state index contributed by atoms with van der Waals surface area (Å²) in [6, 6.07) is 14.7. The molecule has 0 saturated heterocycles. The van der Waals surface area contributed by atoms with Gasteiger partial charge in [-0.05, 0) is 78.1 Å². The van der Waals surface area contributed by atoms with Gasteiger partial charge in [-0.1, -0.05) is 29.9 Å². The molecule has 7 rings (SSSR count). The Morgan fingerprint density at radius 1 is 0.938 bits per heavy atom. The zero-order valence-corrected chi connectivity index (χ0v) is 37.9. The van der Waals surface area contributed by atoms with Crippen molar-refractivity contribution in [1.29, 1.82) is 0 Å². The fraction of sp³-hybridized carbons (Fsp3) is 0.289. The topological polar surface area (TPSA) is 270 Å². The molecule has 0 atom stereocenters. The number of likely N-dealkylation sites (N-methyl/N-ethyl adjacent to an activating group) is 2. The summed E-state index contributed by atoms with van der Waals surface area (Å²) in [5.41, 5.74) is 11.3. The summed E-state index contributed by atoms with van der Waals surface area (Å²) in [6.07, 6.45) is 4.85. The van der Waals surface area contributed by atoms with E-state index < -0.39 is 48.8 Å². The molecule has 0 bridgehead atoms. The second-order valence-electron chi connectivity index (χ2n) is 17.1. The zero-order chi connectivity index (χ0) is 47.4. The van der Waals surface area contributed by atoms with Crippen LogP contribution >= 0.6 is 0 Å². The third kappa shape index (κ3) is 9.67.